The Hall–Kier alpha value is -2.18. The fourth-order valence-corrected chi connectivity index (χ4v) is 5.70. The highest BCUT2D eigenvalue weighted by atomic mass is 127. The molecule has 0 saturated heterocycles. The van der Waals surface area contributed by atoms with Gasteiger partial charge in [-0.2, -0.15) is 0 Å². The highest BCUT2D eigenvalue weighted by Gasteiger charge is 2.32. The average molecular weight is 553 g/mol. The fourth-order valence-electron chi connectivity index (χ4n) is 4.70. The number of hydrogen-bond donors (Lipinski definition) is 0. The summed E-state index contributed by atoms with van der Waals surface area (Å²) in [5.74, 6) is 0. The van der Waals surface area contributed by atoms with E-state index in [0.29, 0.717) is 6.04 Å². The lowest BCUT2D eigenvalue weighted by atomic mass is 9.85. The molecule has 0 saturated carbocycles. The predicted molar refractivity (Wildman–Crippen MR) is 150 cm³/mol. The first-order valence-corrected chi connectivity index (χ1v) is 12.1. The van der Waals surface area contributed by atoms with Gasteiger partial charge < -0.3 is 4.90 Å². The zero-order valence-corrected chi connectivity index (χ0v) is 21.8. The normalized spacial score (nSPS) is 17.1. The molecule has 0 spiro atoms. The van der Waals surface area contributed by atoms with Crippen LogP contribution in [0, 0.1) is 0 Å². The maximum absolute atomic E-state index is 5.00. The van der Waals surface area contributed by atoms with Crippen molar-refractivity contribution in [2.45, 2.75) is 45.6 Å². The summed E-state index contributed by atoms with van der Waals surface area (Å²) in [5, 5.41) is 1.16. The van der Waals surface area contributed by atoms with Gasteiger partial charge in [0.05, 0.1) is 16.3 Å². The molecule has 1 unspecified atom stereocenters. The van der Waals surface area contributed by atoms with Crippen molar-refractivity contribution in [3.63, 3.8) is 0 Å². The number of anilines is 2. The monoisotopic (exact) mass is 552 g/mol. The van der Waals surface area contributed by atoms with Crippen molar-refractivity contribution in [1.82, 2.24) is 4.98 Å². The van der Waals surface area contributed by atoms with E-state index in [4.69, 9.17) is 4.98 Å². The maximum atomic E-state index is 5.00. The van der Waals surface area contributed by atoms with Crippen molar-refractivity contribution in [2.24, 2.45) is 0 Å². The first kappa shape index (κ1) is 23.0. The van der Waals surface area contributed by atoms with E-state index in [1.54, 1.807) is 0 Å². The van der Waals surface area contributed by atoms with Crippen molar-refractivity contribution in [1.29, 1.82) is 0 Å². The summed E-state index contributed by atoms with van der Waals surface area (Å²) in [6.45, 7) is 4.57. The number of rotatable bonds is 5. The summed E-state index contributed by atoms with van der Waals surface area (Å²) in [5.41, 5.74) is 7.96. The van der Waals surface area contributed by atoms with Crippen LogP contribution in [-0.2, 0) is 6.42 Å². The average Bonchev–Trinajstić information content (AvgIpc) is 3.26. The van der Waals surface area contributed by atoms with Crippen LogP contribution in [0.15, 0.2) is 84.4 Å². The molecule has 0 radical (unpaired) electrons. The van der Waals surface area contributed by atoms with Gasteiger partial charge in [0.2, 0.25) is 0 Å². The Labute approximate surface area is 212 Å². The molecule has 4 aromatic rings. The second-order valence-electron chi connectivity index (χ2n) is 8.31. The summed E-state index contributed by atoms with van der Waals surface area (Å²) >= 11 is 1.82. The number of para-hydroxylation sites is 3. The molecule has 1 atom stereocenters. The first-order valence-electron chi connectivity index (χ1n) is 11.2. The summed E-state index contributed by atoms with van der Waals surface area (Å²) in [6, 6.07) is 28.6. The van der Waals surface area contributed by atoms with E-state index in [9.17, 15) is 0 Å². The molecule has 2 nitrogen and oxygen atoms in total. The van der Waals surface area contributed by atoms with Crippen molar-refractivity contribution in [2.75, 3.05) is 4.90 Å². The van der Waals surface area contributed by atoms with Crippen molar-refractivity contribution >= 4 is 62.5 Å². The molecule has 0 bridgehead atoms. The minimum atomic E-state index is 0. The SMILES string of the molecule is CCCCC1C(=C(C)c2nc3ccccc3s2)Cc2ccccc2N1c1ccccc1.I. The number of nitrogens with zero attached hydrogens (tertiary/aromatic N) is 2. The molecule has 2 heterocycles. The van der Waals surface area contributed by atoms with Crippen LogP contribution in [0.3, 0.4) is 0 Å². The highest BCUT2D eigenvalue weighted by Crippen LogP contribution is 2.43. The second kappa shape index (κ2) is 10.2. The van der Waals surface area contributed by atoms with Crippen LogP contribution in [0.1, 0.15) is 43.7 Å². The molecule has 5 rings (SSSR count). The van der Waals surface area contributed by atoms with Gasteiger partial charge in [-0.1, -0.05) is 68.3 Å². The number of fused-ring (bicyclic) bond motifs is 2. The largest absolute Gasteiger partial charge is 0.334 e. The smallest absolute Gasteiger partial charge is 0.120 e. The molecule has 32 heavy (non-hydrogen) atoms. The van der Waals surface area contributed by atoms with Gasteiger partial charge in [0.1, 0.15) is 5.01 Å². The number of hydrogen-bond acceptors (Lipinski definition) is 3. The number of allylic oxidation sites excluding steroid dienone is 1. The Kier molecular flexibility index (Phi) is 7.31. The second-order valence-corrected chi connectivity index (χ2v) is 9.34. The van der Waals surface area contributed by atoms with Crippen molar-refractivity contribution in [3.05, 3.63) is 95.0 Å². The highest BCUT2D eigenvalue weighted by molar-refractivity contribution is 14.0. The van der Waals surface area contributed by atoms with Crippen molar-refractivity contribution in [3.8, 4) is 0 Å². The minimum Gasteiger partial charge on any atom is -0.334 e. The van der Waals surface area contributed by atoms with Crippen molar-refractivity contribution < 1.29 is 0 Å². The third-order valence-electron chi connectivity index (χ3n) is 6.31. The summed E-state index contributed by atoms with van der Waals surface area (Å²) in [6.07, 6.45) is 4.56. The lowest BCUT2D eigenvalue weighted by Gasteiger charge is -2.41. The van der Waals surface area contributed by atoms with E-state index in [-0.39, 0.29) is 24.0 Å². The Balaban J connectivity index is 0.00000245. The van der Waals surface area contributed by atoms with E-state index >= 15 is 0 Å². The third kappa shape index (κ3) is 4.35. The number of benzene rings is 3. The zero-order chi connectivity index (χ0) is 21.2. The van der Waals surface area contributed by atoms with Crippen LogP contribution < -0.4 is 4.90 Å². The summed E-state index contributed by atoms with van der Waals surface area (Å²) in [7, 11) is 0. The molecule has 0 amide bonds. The van der Waals surface area contributed by atoms with Gasteiger partial charge in [-0.3, -0.25) is 0 Å². The molecular formula is C28H29IN2S. The Morgan fingerprint density at radius 3 is 2.47 bits per heavy atom. The maximum Gasteiger partial charge on any atom is 0.120 e. The molecule has 0 fully saturated rings. The van der Waals surface area contributed by atoms with E-state index in [2.05, 4.69) is 97.6 Å². The molecule has 0 aliphatic carbocycles. The topological polar surface area (TPSA) is 16.1 Å². The predicted octanol–water partition coefficient (Wildman–Crippen LogP) is 8.64. The number of unbranched alkanes of at least 4 members (excludes halogenated alkanes) is 1. The third-order valence-corrected chi connectivity index (χ3v) is 7.46. The molecule has 3 aromatic carbocycles. The number of thiazole rings is 1. The summed E-state index contributed by atoms with van der Waals surface area (Å²) in [4.78, 5) is 7.57. The Morgan fingerprint density at radius 1 is 0.969 bits per heavy atom. The van der Waals surface area contributed by atoms with E-state index in [1.807, 2.05) is 11.3 Å². The molecule has 0 N–H and O–H groups in total. The van der Waals surface area contributed by atoms with Crippen LogP contribution in [-0.4, -0.2) is 11.0 Å². The van der Waals surface area contributed by atoms with Crippen LogP contribution in [0.25, 0.3) is 15.8 Å². The molecule has 1 aliphatic rings. The molecular weight excluding hydrogens is 523 g/mol. The van der Waals surface area contributed by atoms with Crippen LogP contribution >= 0.6 is 35.3 Å². The Morgan fingerprint density at radius 2 is 1.69 bits per heavy atom. The van der Waals surface area contributed by atoms with Gasteiger partial charge in [0, 0.05) is 11.4 Å². The van der Waals surface area contributed by atoms with Crippen LogP contribution in [0.2, 0.25) is 0 Å². The molecule has 1 aliphatic heterocycles. The fraction of sp³-hybridized carbons (Fsp3) is 0.250. The van der Waals surface area contributed by atoms with Gasteiger partial charge in [-0.05, 0) is 66.8 Å². The zero-order valence-electron chi connectivity index (χ0n) is 18.6. The standard InChI is InChI=1S/C28H28N2S.HI/c1-3-4-16-26-23(20(2)28-29-24-15-9-11-18-27(24)31-28)19-21-12-8-10-17-25(21)30(26)22-13-6-5-7-14-22;/h5-15,17-18,26H,3-4,16,19H2,1-2H3;1H. The number of aromatic nitrogens is 1. The number of halogens is 1. The minimum absolute atomic E-state index is 0. The molecule has 4 heteroatoms. The lowest BCUT2D eigenvalue weighted by molar-refractivity contribution is 0.599. The van der Waals surface area contributed by atoms with Crippen LogP contribution in [0.4, 0.5) is 11.4 Å². The van der Waals surface area contributed by atoms with Gasteiger partial charge in [-0.15, -0.1) is 35.3 Å². The van der Waals surface area contributed by atoms with Gasteiger partial charge in [0.15, 0.2) is 0 Å². The van der Waals surface area contributed by atoms with E-state index in [0.717, 1.165) is 23.4 Å². The van der Waals surface area contributed by atoms with E-state index in [1.165, 1.54) is 45.6 Å². The Bertz CT molecular complexity index is 1200. The van der Waals surface area contributed by atoms with Crippen LogP contribution in [0.5, 0.6) is 0 Å². The van der Waals surface area contributed by atoms with Gasteiger partial charge >= 0.3 is 0 Å². The van der Waals surface area contributed by atoms with E-state index < -0.39 is 0 Å². The lowest BCUT2D eigenvalue weighted by Crippen LogP contribution is -2.38. The van der Waals surface area contributed by atoms with Gasteiger partial charge in [-0.25, -0.2) is 4.98 Å². The van der Waals surface area contributed by atoms with Gasteiger partial charge in [0.25, 0.3) is 0 Å². The molecule has 1 aromatic heterocycles. The first-order chi connectivity index (χ1) is 15.3. The summed E-state index contributed by atoms with van der Waals surface area (Å²) < 4.78 is 1.26. The quantitative estimate of drug-likeness (QED) is 0.231. The molecule has 164 valence electrons.